The largest absolute Gasteiger partial charge is 0.465 e. The number of hydrogen-bond donors (Lipinski definition) is 0. The van der Waals surface area contributed by atoms with E-state index in [2.05, 4.69) is 13.0 Å². The molecule has 174 valence electrons. The minimum atomic E-state index is -0.373. The topological polar surface area (TPSA) is 55.8 Å². The van der Waals surface area contributed by atoms with Crippen LogP contribution in [0.15, 0.2) is 12.1 Å². The fourth-order valence-corrected chi connectivity index (χ4v) is 5.20. The molecule has 7 heteroatoms. The maximum absolute atomic E-state index is 13.2. The molecule has 31 heavy (non-hydrogen) atoms. The van der Waals surface area contributed by atoms with Gasteiger partial charge in [-0.05, 0) is 69.3 Å². The van der Waals surface area contributed by atoms with Crippen LogP contribution in [0.2, 0.25) is 0 Å². The summed E-state index contributed by atoms with van der Waals surface area (Å²) in [6, 6.07) is 2.03. The number of rotatable bonds is 12. The predicted molar refractivity (Wildman–Crippen MR) is 132 cm³/mol. The molecule has 2 rings (SSSR count). The summed E-state index contributed by atoms with van der Waals surface area (Å²) in [5.74, 6) is 0.605. The van der Waals surface area contributed by atoms with Gasteiger partial charge in [-0.1, -0.05) is 19.9 Å². The van der Waals surface area contributed by atoms with Crippen molar-refractivity contribution in [2.24, 2.45) is 5.92 Å². The maximum atomic E-state index is 13.2. The molecule has 0 aromatic carbocycles. The van der Waals surface area contributed by atoms with Gasteiger partial charge in [-0.15, -0.1) is 23.1 Å². The van der Waals surface area contributed by atoms with Gasteiger partial charge in [0.05, 0.1) is 24.8 Å². The highest BCUT2D eigenvalue weighted by Crippen LogP contribution is 2.39. The molecule has 1 aliphatic carbocycles. The van der Waals surface area contributed by atoms with Gasteiger partial charge in [-0.25, -0.2) is 4.79 Å². The van der Waals surface area contributed by atoms with E-state index in [-0.39, 0.29) is 23.9 Å². The van der Waals surface area contributed by atoms with E-state index in [1.165, 1.54) is 30.4 Å². The molecule has 5 nitrogen and oxygen atoms in total. The molecule has 1 aromatic rings. The second-order valence-electron chi connectivity index (χ2n) is 8.46. The van der Waals surface area contributed by atoms with Crippen LogP contribution in [0.4, 0.5) is 5.69 Å². The molecule has 0 spiro atoms. The maximum Gasteiger partial charge on any atom is 0.350 e. The number of thioether (sulfide) groups is 1. The Kier molecular flexibility index (Phi) is 11.1. The summed E-state index contributed by atoms with van der Waals surface area (Å²) in [5, 5.41) is 0. The third kappa shape index (κ3) is 7.95. The van der Waals surface area contributed by atoms with E-state index in [1.54, 1.807) is 16.7 Å². The standard InChI is InChI=1S/C24H37NO4S2/c1-17(2)14-22(26)25(13-9-10-18(3)29-16-30-5)20-15-21(19-11-7-6-8-12-19)31-23(20)24(27)28-4/h11,15,17-18H,6-10,12-14,16H2,1-5H3. The van der Waals surface area contributed by atoms with Gasteiger partial charge in [0.25, 0.3) is 0 Å². The van der Waals surface area contributed by atoms with Crippen molar-refractivity contribution in [2.45, 2.75) is 71.8 Å². The van der Waals surface area contributed by atoms with Gasteiger partial charge >= 0.3 is 5.97 Å². The predicted octanol–water partition coefficient (Wildman–Crippen LogP) is 6.38. The van der Waals surface area contributed by atoms with Crippen LogP contribution < -0.4 is 4.90 Å². The molecule has 0 bridgehead atoms. The lowest BCUT2D eigenvalue weighted by Gasteiger charge is -2.24. The first-order valence-electron chi connectivity index (χ1n) is 11.2. The third-order valence-electron chi connectivity index (χ3n) is 5.33. The van der Waals surface area contributed by atoms with Gasteiger partial charge in [0.15, 0.2) is 0 Å². The zero-order valence-electron chi connectivity index (χ0n) is 19.6. The number of anilines is 1. The van der Waals surface area contributed by atoms with Crippen molar-refractivity contribution in [2.75, 3.05) is 30.7 Å². The minimum Gasteiger partial charge on any atom is -0.465 e. The second-order valence-corrected chi connectivity index (χ2v) is 10.3. The number of carbonyl (C=O) groups is 2. The molecular formula is C24H37NO4S2. The van der Waals surface area contributed by atoms with Gasteiger partial charge in [0.1, 0.15) is 4.88 Å². The second kappa shape index (κ2) is 13.3. The molecule has 1 amide bonds. The Morgan fingerprint density at radius 3 is 2.65 bits per heavy atom. The molecule has 0 saturated heterocycles. The van der Waals surface area contributed by atoms with Crippen LogP contribution in [0.3, 0.4) is 0 Å². The first kappa shape index (κ1) is 25.9. The number of thiophene rings is 1. The van der Waals surface area contributed by atoms with Crippen LogP contribution in [0.5, 0.6) is 0 Å². The van der Waals surface area contributed by atoms with Crippen molar-refractivity contribution < 1.29 is 19.1 Å². The first-order chi connectivity index (χ1) is 14.9. The Labute approximate surface area is 195 Å². The summed E-state index contributed by atoms with van der Waals surface area (Å²) in [6.07, 6.45) is 11.0. The van der Waals surface area contributed by atoms with E-state index >= 15 is 0 Å². The average molecular weight is 468 g/mol. The number of allylic oxidation sites excluding steroid dienone is 2. The molecule has 0 N–H and O–H groups in total. The summed E-state index contributed by atoms with van der Waals surface area (Å²) < 4.78 is 10.8. The molecule has 0 aliphatic heterocycles. The van der Waals surface area contributed by atoms with Crippen molar-refractivity contribution in [3.05, 3.63) is 21.9 Å². The van der Waals surface area contributed by atoms with Crippen molar-refractivity contribution in [3.63, 3.8) is 0 Å². The number of ether oxygens (including phenoxy) is 2. The minimum absolute atomic E-state index is 0.0554. The van der Waals surface area contributed by atoms with Crippen LogP contribution in [-0.2, 0) is 14.3 Å². The van der Waals surface area contributed by atoms with Gasteiger partial charge in [-0.3, -0.25) is 4.79 Å². The Morgan fingerprint density at radius 2 is 2.03 bits per heavy atom. The van der Waals surface area contributed by atoms with E-state index in [0.717, 1.165) is 37.0 Å². The quantitative estimate of drug-likeness (QED) is 0.264. The highest BCUT2D eigenvalue weighted by Gasteiger charge is 2.27. The molecule has 1 unspecified atom stereocenters. The van der Waals surface area contributed by atoms with E-state index in [4.69, 9.17) is 9.47 Å². The Bertz CT molecular complexity index is 757. The van der Waals surface area contributed by atoms with Gasteiger partial charge in [-0.2, -0.15) is 0 Å². The summed E-state index contributed by atoms with van der Waals surface area (Å²) in [4.78, 5) is 29.2. The fourth-order valence-electron chi connectivity index (χ4n) is 3.68. The molecule has 0 fully saturated rings. The molecule has 0 radical (unpaired) electrons. The van der Waals surface area contributed by atoms with Crippen LogP contribution >= 0.6 is 23.1 Å². The van der Waals surface area contributed by atoms with Crippen LogP contribution in [-0.4, -0.2) is 43.8 Å². The lowest BCUT2D eigenvalue weighted by atomic mass is 9.98. The monoisotopic (exact) mass is 467 g/mol. The highest BCUT2D eigenvalue weighted by atomic mass is 32.2. The van der Waals surface area contributed by atoms with Crippen molar-refractivity contribution >= 4 is 46.2 Å². The first-order valence-corrected chi connectivity index (χ1v) is 13.4. The van der Waals surface area contributed by atoms with E-state index in [0.29, 0.717) is 29.5 Å². The van der Waals surface area contributed by atoms with E-state index in [1.807, 2.05) is 26.2 Å². The number of hydrogen-bond acceptors (Lipinski definition) is 6. The summed E-state index contributed by atoms with van der Waals surface area (Å²) in [7, 11) is 1.40. The average Bonchev–Trinajstić information content (AvgIpc) is 3.19. The fraction of sp³-hybridized carbons (Fsp3) is 0.667. The van der Waals surface area contributed by atoms with Crippen LogP contribution in [0, 0.1) is 5.92 Å². The van der Waals surface area contributed by atoms with Crippen LogP contribution in [0.1, 0.15) is 80.3 Å². The van der Waals surface area contributed by atoms with Gasteiger partial charge in [0, 0.05) is 17.8 Å². The zero-order chi connectivity index (χ0) is 22.8. The zero-order valence-corrected chi connectivity index (χ0v) is 21.2. The molecule has 1 aliphatic rings. The Balaban J connectivity index is 2.29. The lowest BCUT2D eigenvalue weighted by molar-refractivity contribution is -0.119. The number of amides is 1. The van der Waals surface area contributed by atoms with Crippen LogP contribution in [0.25, 0.3) is 5.57 Å². The van der Waals surface area contributed by atoms with E-state index < -0.39 is 0 Å². The number of carbonyl (C=O) groups excluding carboxylic acids is 2. The molecule has 1 atom stereocenters. The Morgan fingerprint density at radius 1 is 1.26 bits per heavy atom. The smallest absolute Gasteiger partial charge is 0.350 e. The molecule has 1 heterocycles. The number of esters is 1. The SMILES string of the molecule is COC(=O)c1sc(C2=CCCCC2)cc1N(CCCC(C)OCSC)C(=O)CC(C)C. The van der Waals surface area contributed by atoms with E-state index in [9.17, 15) is 9.59 Å². The lowest BCUT2D eigenvalue weighted by Crippen LogP contribution is -2.34. The van der Waals surface area contributed by atoms with Crippen molar-refractivity contribution in [3.8, 4) is 0 Å². The highest BCUT2D eigenvalue weighted by molar-refractivity contribution is 7.98. The molecule has 0 saturated carbocycles. The Hall–Kier alpha value is -1.31. The normalized spacial score (nSPS) is 15.0. The van der Waals surface area contributed by atoms with Gasteiger partial charge in [0.2, 0.25) is 5.91 Å². The van der Waals surface area contributed by atoms with Gasteiger partial charge < -0.3 is 14.4 Å². The van der Waals surface area contributed by atoms with Crippen molar-refractivity contribution in [1.29, 1.82) is 0 Å². The number of nitrogens with zero attached hydrogens (tertiary/aromatic N) is 1. The summed E-state index contributed by atoms with van der Waals surface area (Å²) >= 11 is 3.11. The summed E-state index contributed by atoms with van der Waals surface area (Å²) in [6.45, 7) is 6.72. The molecule has 1 aromatic heterocycles. The van der Waals surface area contributed by atoms with Crippen molar-refractivity contribution in [1.82, 2.24) is 0 Å². The molecular weight excluding hydrogens is 430 g/mol. The number of methoxy groups -OCH3 is 1. The third-order valence-corrected chi connectivity index (χ3v) is 6.88. The summed E-state index contributed by atoms with van der Waals surface area (Å²) in [5.41, 5.74) is 1.98.